The van der Waals surface area contributed by atoms with E-state index in [1.54, 1.807) is 12.4 Å². The molecule has 0 aliphatic rings. The minimum Gasteiger partial charge on any atom is -0.330 e. The number of aromatic nitrogens is 1. The zero-order chi connectivity index (χ0) is 14.7. The first-order valence-corrected chi connectivity index (χ1v) is 6.96. The van der Waals surface area contributed by atoms with Crippen LogP contribution < -0.4 is 5.73 Å². The second-order valence-electron chi connectivity index (χ2n) is 4.97. The van der Waals surface area contributed by atoms with Gasteiger partial charge in [0.2, 0.25) is 0 Å². The third-order valence-electron chi connectivity index (χ3n) is 3.56. The fourth-order valence-electron chi connectivity index (χ4n) is 2.44. The molecule has 1 heterocycles. The Hall–Kier alpha value is -2.52. The van der Waals surface area contributed by atoms with Gasteiger partial charge in [-0.2, -0.15) is 0 Å². The highest BCUT2D eigenvalue weighted by molar-refractivity contribution is 6.16. The molecule has 3 rings (SSSR count). The summed E-state index contributed by atoms with van der Waals surface area (Å²) in [6.07, 6.45) is 4.24. The molecule has 3 nitrogen and oxygen atoms in total. The van der Waals surface area contributed by atoms with Gasteiger partial charge in [0.1, 0.15) is 0 Å². The Kier molecular flexibility index (Phi) is 3.75. The minimum atomic E-state index is -0.00130. The number of hydrogen-bond acceptors (Lipinski definition) is 3. The molecular weight excluding hydrogens is 260 g/mol. The van der Waals surface area contributed by atoms with Gasteiger partial charge in [0.15, 0.2) is 5.78 Å². The molecule has 104 valence electrons. The Morgan fingerprint density at radius 2 is 1.76 bits per heavy atom. The third-order valence-corrected chi connectivity index (χ3v) is 3.56. The van der Waals surface area contributed by atoms with Crippen LogP contribution in [0.3, 0.4) is 0 Å². The van der Waals surface area contributed by atoms with Crippen molar-refractivity contribution in [2.75, 3.05) is 6.54 Å². The summed E-state index contributed by atoms with van der Waals surface area (Å²) in [4.78, 5) is 16.8. The topological polar surface area (TPSA) is 56.0 Å². The lowest BCUT2D eigenvalue weighted by atomic mass is 9.98. The van der Waals surface area contributed by atoms with Crippen molar-refractivity contribution in [2.45, 2.75) is 6.42 Å². The molecule has 2 N–H and O–H groups in total. The number of benzene rings is 2. The zero-order valence-electron chi connectivity index (χ0n) is 11.6. The predicted octanol–water partition coefficient (Wildman–Crippen LogP) is 2.97. The predicted molar refractivity (Wildman–Crippen MR) is 84.4 cm³/mol. The quantitative estimate of drug-likeness (QED) is 0.745. The van der Waals surface area contributed by atoms with E-state index in [1.807, 2.05) is 48.5 Å². The second kappa shape index (κ2) is 5.85. The third kappa shape index (κ3) is 2.69. The lowest BCUT2D eigenvalue weighted by Gasteiger charge is -2.06. The van der Waals surface area contributed by atoms with Crippen molar-refractivity contribution >= 4 is 16.6 Å². The van der Waals surface area contributed by atoms with Crippen LogP contribution in [0.25, 0.3) is 10.8 Å². The van der Waals surface area contributed by atoms with Crippen molar-refractivity contribution < 1.29 is 4.79 Å². The summed E-state index contributed by atoms with van der Waals surface area (Å²) in [7, 11) is 0. The van der Waals surface area contributed by atoms with Crippen LogP contribution in [0.2, 0.25) is 0 Å². The molecule has 0 saturated carbocycles. The van der Waals surface area contributed by atoms with E-state index in [0.717, 1.165) is 22.8 Å². The lowest BCUT2D eigenvalue weighted by molar-refractivity contribution is 0.104. The van der Waals surface area contributed by atoms with Crippen LogP contribution in [0.4, 0.5) is 0 Å². The number of rotatable bonds is 4. The number of nitrogens with zero attached hydrogens (tertiary/aromatic N) is 1. The summed E-state index contributed by atoms with van der Waals surface area (Å²) < 4.78 is 0. The molecule has 3 aromatic rings. The summed E-state index contributed by atoms with van der Waals surface area (Å²) in [5.74, 6) is -0.00130. The van der Waals surface area contributed by atoms with Gasteiger partial charge >= 0.3 is 0 Å². The van der Waals surface area contributed by atoms with E-state index in [-0.39, 0.29) is 5.78 Å². The van der Waals surface area contributed by atoms with Gasteiger partial charge in [0, 0.05) is 28.9 Å². The van der Waals surface area contributed by atoms with Crippen molar-refractivity contribution in [3.8, 4) is 0 Å². The largest absolute Gasteiger partial charge is 0.330 e. The number of carbonyl (C=O) groups is 1. The van der Waals surface area contributed by atoms with Crippen molar-refractivity contribution in [2.24, 2.45) is 5.73 Å². The summed E-state index contributed by atoms with van der Waals surface area (Å²) in [5.41, 5.74) is 7.99. The molecule has 0 spiro atoms. The van der Waals surface area contributed by atoms with Crippen LogP contribution in [0.1, 0.15) is 21.5 Å². The zero-order valence-corrected chi connectivity index (χ0v) is 11.6. The molecule has 0 fully saturated rings. The summed E-state index contributed by atoms with van der Waals surface area (Å²) in [6, 6.07) is 15.4. The number of carbonyl (C=O) groups excluding carboxylic acids is 1. The molecule has 0 aliphatic carbocycles. The van der Waals surface area contributed by atoms with Crippen LogP contribution >= 0.6 is 0 Å². The van der Waals surface area contributed by atoms with Crippen molar-refractivity contribution in [3.63, 3.8) is 0 Å². The molecule has 0 unspecified atom stereocenters. The van der Waals surface area contributed by atoms with Crippen molar-refractivity contribution in [1.82, 2.24) is 4.98 Å². The fraction of sp³-hybridized carbons (Fsp3) is 0.111. The Morgan fingerprint density at radius 3 is 2.52 bits per heavy atom. The van der Waals surface area contributed by atoms with E-state index < -0.39 is 0 Å². The number of pyridine rings is 1. The van der Waals surface area contributed by atoms with Gasteiger partial charge in [0.25, 0.3) is 0 Å². The van der Waals surface area contributed by atoms with Gasteiger partial charge in [-0.3, -0.25) is 9.78 Å². The van der Waals surface area contributed by atoms with Crippen LogP contribution in [0, 0.1) is 0 Å². The molecule has 1 aromatic heterocycles. The highest BCUT2D eigenvalue weighted by Crippen LogP contribution is 2.20. The van der Waals surface area contributed by atoms with Gasteiger partial charge in [0.05, 0.1) is 0 Å². The van der Waals surface area contributed by atoms with Gasteiger partial charge in [-0.15, -0.1) is 0 Å². The van der Waals surface area contributed by atoms with Crippen LogP contribution in [-0.2, 0) is 6.42 Å². The van der Waals surface area contributed by atoms with E-state index in [9.17, 15) is 4.79 Å². The van der Waals surface area contributed by atoms with Gasteiger partial charge in [-0.25, -0.2) is 0 Å². The smallest absolute Gasteiger partial charge is 0.195 e. The molecular formula is C18H16N2O. The van der Waals surface area contributed by atoms with Gasteiger partial charge in [-0.1, -0.05) is 48.5 Å². The fourth-order valence-corrected chi connectivity index (χ4v) is 2.44. The van der Waals surface area contributed by atoms with Crippen LogP contribution in [0.5, 0.6) is 0 Å². The van der Waals surface area contributed by atoms with E-state index in [2.05, 4.69) is 4.98 Å². The normalized spacial score (nSPS) is 10.7. The van der Waals surface area contributed by atoms with Crippen molar-refractivity contribution in [1.29, 1.82) is 0 Å². The number of hydrogen-bond donors (Lipinski definition) is 1. The lowest BCUT2D eigenvalue weighted by Crippen LogP contribution is -2.05. The average molecular weight is 276 g/mol. The number of ketones is 1. The summed E-state index contributed by atoms with van der Waals surface area (Å²) >= 11 is 0. The van der Waals surface area contributed by atoms with E-state index in [0.29, 0.717) is 17.7 Å². The summed E-state index contributed by atoms with van der Waals surface area (Å²) in [5, 5.41) is 1.91. The molecule has 0 atom stereocenters. The maximum atomic E-state index is 12.7. The van der Waals surface area contributed by atoms with E-state index in [4.69, 9.17) is 5.73 Å². The van der Waals surface area contributed by atoms with Crippen molar-refractivity contribution in [3.05, 3.63) is 77.6 Å². The minimum absolute atomic E-state index is 0.00130. The van der Waals surface area contributed by atoms with Crippen LogP contribution in [-0.4, -0.2) is 17.3 Å². The Balaban J connectivity index is 2.00. The first-order valence-electron chi connectivity index (χ1n) is 6.96. The maximum Gasteiger partial charge on any atom is 0.195 e. The summed E-state index contributed by atoms with van der Waals surface area (Å²) in [6.45, 7) is 0.612. The monoisotopic (exact) mass is 276 g/mol. The van der Waals surface area contributed by atoms with Crippen LogP contribution in [0.15, 0.2) is 60.9 Å². The van der Waals surface area contributed by atoms with Gasteiger partial charge < -0.3 is 5.73 Å². The molecule has 3 heteroatoms. The average Bonchev–Trinajstić information content (AvgIpc) is 2.55. The van der Waals surface area contributed by atoms with Gasteiger partial charge in [-0.05, 0) is 23.9 Å². The van der Waals surface area contributed by atoms with E-state index in [1.165, 1.54) is 0 Å². The Bertz CT molecular complexity index is 773. The highest BCUT2D eigenvalue weighted by atomic mass is 16.1. The molecule has 0 saturated heterocycles. The Morgan fingerprint density at radius 1 is 1.00 bits per heavy atom. The number of nitrogens with two attached hydrogens (primary N) is 1. The first kappa shape index (κ1) is 13.5. The molecule has 2 aromatic carbocycles. The standard InChI is InChI=1S/C18H16N2O/c19-10-9-13-5-7-14(8-6-13)18(21)17-12-20-11-15-3-1-2-4-16(15)17/h1-8,11-12H,9-10,19H2. The maximum absolute atomic E-state index is 12.7. The second-order valence-corrected chi connectivity index (χ2v) is 4.97. The molecule has 0 aliphatic heterocycles. The van der Waals surface area contributed by atoms with E-state index >= 15 is 0 Å². The molecule has 0 amide bonds. The SMILES string of the molecule is NCCc1ccc(C(=O)c2cncc3ccccc23)cc1. The molecule has 21 heavy (non-hydrogen) atoms. The first-order chi connectivity index (χ1) is 10.3. The highest BCUT2D eigenvalue weighted by Gasteiger charge is 2.12. The Labute approximate surface area is 123 Å². The molecule has 0 bridgehead atoms. The molecule has 0 radical (unpaired) electrons. The number of fused-ring (bicyclic) bond motifs is 1.